The molecular weight excluding hydrogens is 192 g/mol. The van der Waals surface area contributed by atoms with Gasteiger partial charge in [-0.25, -0.2) is 0 Å². The number of nitrogens with two attached hydrogens (primary N) is 1. The third-order valence-electron chi connectivity index (χ3n) is 3.55. The first-order valence-electron chi connectivity index (χ1n) is 5.53. The predicted molar refractivity (Wildman–Crippen MR) is 59.6 cm³/mol. The number of nitrogens with zero attached hydrogens (tertiary/aromatic N) is 1. The second-order valence-corrected chi connectivity index (χ2v) is 5.22. The van der Waals surface area contributed by atoms with Crippen LogP contribution in [0, 0.1) is 11.3 Å². The number of carbonyl (C=O) groups is 1. The van der Waals surface area contributed by atoms with Crippen LogP contribution in [0.2, 0.25) is 0 Å². The van der Waals surface area contributed by atoms with Crippen molar-refractivity contribution in [3.8, 4) is 0 Å². The van der Waals surface area contributed by atoms with Gasteiger partial charge in [0.2, 0.25) is 0 Å². The van der Waals surface area contributed by atoms with Crippen molar-refractivity contribution in [2.45, 2.75) is 32.7 Å². The lowest BCUT2D eigenvalue weighted by Gasteiger charge is -2.38. The van der Waals surface area contributed by atoms with Gasteiger partial charge in [0.25, 0.3) is 0 Å². The largest absolute Gasteiger partial charge is 0.481 e. The van der Waals surface area contributed by atoms with Gasteiger partial charge in [-0.2, -0.15) is 0 Å². The third kappa shape index (κ3) is 2.69. The van der Waals surface area contributed by atoms with E-state index in [1.807, 2.05) is 0 Å². The molecule has 1 fully saturated rings. The van der Waals surface area contributed by atoms with Gasteiger partial charge < -0.3 is 15.7 Å². The summed E-state index contributed by atoms with van der Waals surface area (Å²) in [5.74, 6) is -0.502. The first-order chi connectivity index (χ1) is 6.85. The van der Waals surface area contributed by atoms with Crippen LogP contribution < -0.4 is 5.73 Å². The first-order valence-corrected chi connectivity index (χ1v) is 5.53. The topological polar surface area (TPSA) is 66.6 Å². The molecule has 88 valence electrons. The van der Waals surface area contributed by atoms with E-state index in [4.69, 9.17) is 10.8 Å². The molecule has 1 heterocycles. The Labute approximate surface area is 91.4 Å². The van der Waals surface area contributed by atoms with Gasteiger partial charge >= 0.3 is 5.97 Å². The van der Waals surface area contributed by atoms with Gasteiger partial charge in [-0.3, -0.25) is 4.79 Å². The monoisotopic (exact) mass is 214 g/mol. The minimum absolute atomic E-state index is 0.266. The molecule has 4 heteroatoms. The highest BCUT2D eigenvalue weighted by Gasteiger charge is 2.39. The first kappa shape index (κ1) is 12.5. The third-order valence-corrected chi connectivity index (χ3v) is 3.55. The number of piperidine rings is 1. The normalized spacial score (nSPS) is 26.3. The molecule has 0 aromatic rings. The number of aliphatic carboxylic acids is 1. The van der Waals surface area contributed by atoms with E-state index in [0.29, 0.717) is 5.92 Å². The molecule has 1 rings (SSSR count). The summed E-state index contributed by atoms with van der Waals surface area (Å²) in [5.41, 5.74) is 5.25. The van der Waals surface area contributed by atoms with E-state index in [-0.39, 0.29) is 6.04 Å². The van der Waals surface area contributed by atoms with Crippen molar-refractivity contribution in [2.24, 2.45) is 17.1 Å². The van der Waals surface area contributed by atoms with Crippen molar-refractivity contribution < 1.29 is 9.90 Å². The lowest BCUT2D eigenvalue weighted by atomic mass is 9.75. The van der Waals surface area contributed by atoms with Crippen LogP contribution in [0.4, 0.5) is 0 Å². The number of hydrogen-bond donors (Lipinski definition) is 2. The van der Waals surface area contributed by atoms with Gasteiger partial charge in [0.1, 0.15) is 0 Å². The minimum atomic E-state index is -0.831. The van der Waals surface area contributed by atoms with Gasteiger partial charge in [0, 0.05) is 12.6 Å². The Morgan fingerprint density at radius 3 is 2.67 bits per heavy atom. The Balaban J connectivity index is 2.66. The molecule has 0 aromatic carbocycles. The number of rotatable bonds is 3. The molecule has 2 atom stereocenters. The summed E-state index contributed by atoms with van der Waals surface area (Å²) in [6, 6.07) is -0.266. The molecule has 0 bridgehead atoms. The maximum atomic E-state index is 11.1. The smallest absolute Gasteiger partial charge is 0.310 e. The predicted octanol–water partition coefficient (Wildman–Crippen LogP) is 0.766. The van der Waals surface area contributed by atoms with Crippen LogP contribution in [-0.2, 0) is 4.79 Å². The van der Waals surface area contributed by atoms with Gasteiger partial charge in [-0.1, -0.05) is 0 Å². The molecule has 4 nitrogen and oxygen atoms in total. The Kier molecular flexibility index (Phi) is 3.73. The van der Waals surface area contributed by atoms with Gasteiger partial charge in [-0.05, 0) is 46.2 Å². The van der Waals surface area contributed by atoms with Crippen LogP contribution >= 0.6 is 0 Å². The quantitative estimate of drug-likeness (QED) is 0.728. The minimum Gasteiger partial charge on any atom is -0.481 e. The van der Waals surface area contributed by atoms with Crippen LogP contribution in [0.15, 0.2) is 0 Å². The fourth-order valence-corrected chi connectivity index (χ4v) is 2.23. The summed E-state index contributed by atoms with van der Waals surface area (Å²) in [7, 11) is 2.06. The summed E-state index contributed by atoms with van der Waals surface area (Å²) in [6.07, 6.45) is 2.16. The standard InChI is InChI=1S/C11H22N2O2/c1-11(2,10(14)15)9(12)8-5-4-6-13(3)7-8/h8-9H,4-7,12H2,1-3H3,(H,14,15). The van der Waals surface area contributed by atoms with Crippen molar-refractivity contribution in [3.63, 3.8) is 0 Å². The zero-order chi connectivity index (χ0) is 11.6. The van der Waals surface area contributed by atoms with Crippen molar-refractivity contribution >= 4 is 5.97 Å². The van der Waals surface area contributed by atoms with Crippen molar-refractivity contribution in [1.82, 2.24) is 4.90 Å². The summed E-state index contributed by atoms with van der Waals surface area (Å²) >= 11 is 0. The molecular formula is C11H22N2O2. The number of likely N-dealkylation sites (tertiary alicyclic amines) is 1. The van der Waals surface area contributed by atoms with Crippen LogP contribution in [0.3, 0.4) is 0 Å². The molecule has 15 heavy (non-hydrogen) atoms. The van der Waals surface area contributed by atoms with Gasteiger partial charge in [-0.15, -0.1) is 0 Å². The highest BCUT2D eigenvalue weighted by atomic mass is 16.4. The van der Waals surface area contributed by atoms with Crippen LogP contribution in [0.25, 0.3) is 0 Å². The van der Waals surface area contributed by atoms with E-state index in [0.717, 1.165) is 25.9 Å². The molecule has 1 saturated heterocycles. The lowest BCUT2D eigenvalue weighted by molar-refractivity contribution is -0.149. The summed E-state index contributed by atoms with van der Waals surface area (Å²) < 4.78 is 0. The van der Waals surface area contributed by atoms with E-state index in [1.165, 1.54) is 0 Å². The molecule has 0 spiro atoms. The second kappa shape index (κ2) is 4.49. The highest BCUT2D eigenvalue weighted by Crippen LogP contribution is 2.29. The van der Waals surface area contributed by atoms with E-state index in [2.05, 4.69) is 11.9 Å². The highest BCUT2D eigenvalue weighted by molar-refractivity contribution is 5.74. The fourth-order valence-electron chi connectivity index (χ4n) is 2.23. The molecule has 0 radical (unpaired) electrons. The lowest BCUT2D eigenvalue weighted by Crippen LogP contribution is -2.52. The maximum Gasteiger partial charge on any atom is 0.310 e. The zero-order valence-corrected chi connectivity index (χ0v) is 9.86. The van der Waals surface area contributed by atoms with Crippen molar-refractivity contribution in [1.29, 1.82) is 0 Å². The molecule has 0 aromatic heterocycles. The molecule has 2 unspecified atom stereocenters. The van der Waals surface area contributed by atoms with Crippen LogP contribution in [0.5, 0.6) is 0 Å². The fraction of sp³-hybridized carbons (Fsp3) is 0.909. The zero-order valence-electron chi connectivity index (χ0n) is 9.86. The number of carboxylic acid groups (broad SMARTS) is 1. The molecule has 1 aliphatic rings. The van der Waals surface area contributed by atoms with E-state index in [9.17, 15) is 4.79 Å². The van der Waals surface area contributed by atoms with Crippen molar-refractivity contribution in [2.75, 3.05) is 20.1 Å². The molecule has 1 aliphatic heterocycles. The van der Waals surface area contributed by atoms with Crippen molar-refractivity contribution in [3.05, 3.63) is 0 Å². The average Bonchev–Trinajstić information content (AvgIpc) is 2.16. The van der Waals surface area contributed by atoms with Crippen LogP contribution in [-0.4, -0.2) is 42.2 Å². The molecule has 3 N–H and O–H groups in total. The summed E-state index contributed by atoms with van der Waals surface area (Å²) in [6.45, 7) is 5.44. The van der Waals surface area contributed by atoms with E-state index >= 15 is 0 Å². The van der Waals surface area contributed by atoms with E-state index in [1.54, 1.807) is 13.8 Å². The summed E-state index contributed by atoms with van der Waals surface area (Å²) in [4.78, 5) is 13.3. The molecule has 0 amide bonds. The maximum absolute atomic E-state index is 11.1. The molecule has 0 aliphatic carbocycles. The SMILES string of the molecule is CN1CCCC(C(N)C(C)(C)C(=O)O)C1. The Morgan fingerprint density at radius 2 is 2.20 bits per heavy atom. The van der Waals surface area contributed by atoms with Crippen LogP contribution in [0.1, 0.15) is 26.7 Å². The number of hydrogen-bond acceptors (Lipinski definition) is 3. The van der Waals surface area contributed by atoms with E-state index < -0.39 is 11.4 Å². The van der Waals surface area contributed by atoms with Gasteiger partial charge in [0.05, 0.1) is 5.41 Å². The Morgan fingerprint density at radius 1 is 1.60 bits per heavy atom. The molecule has 0 saturated carbocycles. The number of carboxylic acids is 1. The Hall–Kier alpha value is -0.610. The van der Waals surface area contributed by atoms with Gasteiger partial charge in [0.15, 0.2) is 0 Å². The second-order valence-electron chi connectivity index (χ2n) is 5.22. The average molecular weight is 214 g/mol. The Bertz CT molecular complexity index is 241. The summed E-state index contributed by atoms with van der Waals surface area (Å²) in [5, 5.41) is 9.11.